The van der Waals surface area contributed by atoms with E-state index >= 15 is 0 Å². The highest BCUT2D eigenvalue weighted by Crippen LogP contribution is 1.68. The number of hydrogen-bond acceptors (Lipinski definition) is 5. The lowest BCUT2D eigenvalue weighted by Crippen LogP contribution is -2.03. The molecule has 0 spiro atoms. The lowest BCUT2D eigenvalue weighted by Gasteiger charge is -1.94. The summed E-state index contributed by atoms with van der Waals surface area (Å²) in [4.78, 5) is 0. The fourth-order valence-electron chi connectivity index (χ4n) is 0.322. The van der Waals surface area contributed by atoms with E-state index in [1.807, 2.05) is 0 Å². The minimum Gasteiger partial charge on any atom is -0.394 e. The first-order valence-corrected chi connectivity index (χ1v) is 3.72. The van der Waals surface area contributed by atoms with Crippen LogP contribution in [0.4, 0.5) is 0 Å². The Morgan fingerprint density at radius 2 is 1.25 bits per heavy atom. The van der Waals surface area contributed by atoms with Gasteiger partial charge in [0.05, 0.1) is 39.6 Å². The summed E-state index contributed by atoms with van der Waals surface area (Å²) in [6.07, 6.45) is 0. The van der Waals surface area contributed by atoms with E-state index in [0.717, 1.165) is 0 Å². The van der Waals surface area contributed by atoms with E-state index in [-0.39, 0.29) is 19.8 Å². The Morgan fingerprint density at radius 3 is 1.42 bits per heavy atom. The summed E-state index contributed by atoms with van der Waals surface area (Å²) in [5.41, 5.74) is 0. The molecule has 0 aliphatic heterocycles. The van der Waals surface area contributed by atoms with E-state index in [2.05, 4.69) is 9.47 Å². The van der Waals surface area contributed by atoms with Gasteiger partial charge < -0.3 is 24.8 Å². The minimum absolute atomic E-state index is 0.0278. The number of aliphatic hydroxyl groups excluding tert-OH is 3. The summed E-state index contributed by atoms with van der Waals surface area (Å²) in [5, 5.41) is 24.1. The van der Waals surface area contributed by atoms with Crippen molar-refractivity contribution in [2.45, 2.75) is 0 Å². The van der Waals surface area contributed by atoms with Gasteiger partial charge >= 0.3 is 0 Å². The van der Waals surface area contributed by atoms with Crippen molar-refractivity contribution in [2.75, 3.05) is 46.8 Å². The molecule has 76 valence electrons. The summed E-state index contributed by atoms with van der Waals surface area (Å²) in [5.74, 6) is 0. The summed E-state index contributed by atoms with van der Waals surface area (Å²) < 4.78 is 9.07. The lowest BCUT2D eigenvalue weighted by atomic mass is 10.7. The van der Waals surface area contributed by atoms with E-state index < -0.39 is 0 Å². The molecule has 0 aromatic heterocycles. The van der Waals surface area contributed by atoms with E-state index in [1.54, 1.807) is 7.11 Å². The summed E-state index contributed by atoms with van der Waals surface area (Å²) >= 11 is 0. The molecule has 0 saturated heterocycles. The molecule has 5 heteroatoms. The Balaban J connectivity index is 0. The molecular weight excluding hydrogens is 164 g/mol. The van der Waals surface area contributed by atoms with Crippen molar-refractivity contribution in [2.24, 2.45) is 0 Å². The van der Waals surface area contributed by atoms with Crippen molar-refractivity contribution in [3.8, 4) is 0 Å². The van der Waals surface area contributed by atoms with Crippen molar-refractivity contribution in [3.05, 3.63) is 0 Å². The molecule has 0 heterocycles. The monoisotopic (exact) mass is 182 g/mol. The van der Waals surface area contributed by atoms with Crippen LogP contribution in [0, 0.1) is 0 Å². The molecule has 5 nitrogen and oxygen atoms in total. The number of methoxy groups -OCH3 is 1. The number of ether oxygens (including phenoxy) is 2. The smallest absolute Gasteiger partial charge is 0.0698 e. The highest BCUT2D eigenvalue weighted by Gasteiger charge is 1.79. The predicted octanol–water partition coefficient (Wildman–Crippen LogP) is -1.39. The maximum Gasteiger partial charge on any atom is 0.0698 e. The molecule has 0 aromatic rings. The quantitative estimate of drug-likeness (QED) is 0.441. The Labute approximate surface area is 72.5 Å². The van der Waals surface area contributed by atoms with E-state index in [4.69, 9.17) is 15.3 Å². The van der Waals surface area contributed by atoms with Gasteiger partial charge in [-0.05, 0) is 0 Å². The normalized spacial score (nSPS) is 9.00. The molecule has 0 rings (SSSR count). The van der Waals surface area contributed by atoms with Crippen LogP contribution in [0.1, 0.15) is 0 Å². The van der Waals surface area contributed by atoms with Crippen molar-refractivity contribution >= 4 is 0 Å². The van der Waals surface area contributed by atoms with Gasteiger partial charge in [-0.3, -0.25) is 0 Å². The Hall–Kier alpha value is -0.200. The zero-order valence-electron chi connectivity index (χ0n) is 7.40. The van der Waals surface area contributed by atoms with Crippen LogP contribution in [-0.2, 0) is 9.47 Å². The highest BCUT2D eigenvalue weighted by molar-refractivity contribution is 4.24. The van der Waals surface area contributed by atoms with Gasteiger partial charge in [0.2, 0.25) is 0 Å². The van der Waals surface area contributed by atoms with Gasteiger partial charge in [0, 0.05) is 7.11 Å². The van der Waals surface area contributed by atoms with Crippen LogP contribution in [0.15, 0.2) is 0 Å². The van der Waals surface area contributed by atoms with Crippen LogP contribution in [0.5, 0.6) is 0 Å². The second-order valence-corrected chi connectivity index (χ2v) is 1.78. The maximum absolute atomic E-state index is 8.09. The third kappa shape index (κ3) is 22.6. The van der Waals surface area contributed by atoms with Gasteiger partial charge in [-0.2, -0.15) is 0 Å². The largest absolute Gasteiger partial charge is 0.394 e. The van der Waals surface area contributed by atoms with Crippen LogP contribution in [0.2, 0.25) is 0 Å². The lowest BCUT2D eigenvalue weighted by molar-refractivity contribution is 0.0650. The van der Waals surface area contributed by atoms with Gasteiger partial charge in [0.15, 0.2) is 0 Å². The fourth-order valence-corrected chi connectivity index (χ4v) is 0.322. The molecule has 3 N–H and O–H groups in total. The van der Waals surface area contributed by atoms with Crippen LogP contribution in [0.25, 0.3) is 0 Å². The van der Waals surface area contributed by atoms with Crippen molar-refractivity contribution in [1.82, 2.24) is 0 Å². The fraction of sp³-hybridized carbons (Fsp3) is 1.00. The number of hydrogen-bond donors (Lipinski definition) is 3. The first-order chi connectivity index (χ1) is 5.83. The summed E-state index contributed by atoms with van der Waals surface area (Å²) in [6, 6.07) is 0. The van der Waals surface area contributed by atoms with Gasteiger partial charge in [0.25, 0.3) is 0 Å². The van der Waals surface area contributed by atoms with Gasteiger partial charge in [-0.25, -0.2) is 0 Å². The van der Waals surface area contributed by atoms with Gasteiger partial charge in [0.1, 0.15) is 0 Å². The number of aliphatic hydroxyl groups is 3. The molecule has 0 unspecified atom stereocenters. The minimum atomic E-state index is 0.0278. The molecule has 0 aromatic carbocycles. The first kappa shape index (κ1) is 14.3. The molecule has 0 saturated carbocycles. The molecule has 0 aliphatic carbocycles. The molecule has 0 radical (unpaired) electrons. The molecule has 0 bridgehead atoms. The van der Waals surface area contributed by atoms with Crippen molar-refractivity contribution in [3.63, 3.8) is 0 Å². The summed E-state index contributed by atoms with van der Waals surface area (Å²) in [7, 11) is 1.55. The standard InChI is InChI=1S/C4H10O3.C3H8O2/c5-1-3-7-4-2-6;1-5-3-2-4/h5-6H,1-4H2;4H,2-3H2,1H3. The third-order valence-electron chi connectivity index (χ3n) is 0.767. The Morgan fingerprint density at radius 1 is 0.833 bits per heavy atom. The molecule has 0 amide bonds. The average Bonchev–Trinajstić information content (AvgIpc) is 2.08. The van der Waals surface area contributed by atoms with E-state index in [1.165, 1.54) is 0 Å². The van der Waals surface area contributed by atoms with E-state index in [0.29, 0.717) is 19.8 Å². The molecule has 0 fully saturated rings. The Kier molecular flexibility index (Phi) is 20.4. The predicted molar refractivity (Wildman–Crippen MR) is 44.0 cm³/mol. The molecule has 0 atom stereocenters. The Bertz CT molecular complexity index is 53.8. The van der Waals surface area contributed by atoms with Crippen LogP contribution >= 0.6 is 0 Å². The third-order valence-corrected chi connectivity index (χ3v) is 0.767. The van der Waals surface area contributed by atoms with Crippen LogP contribution in [0.3, 0.4) is 0 Å². The second kappa shape index (κ2) is 17.0. The highest BCUT2D eigenvalue weighted by atomic mass is 16.5. The molecular formula is C7H18O5. The SMILES string of the molecule is COCCO.OCCOCCO. The average molecular weight is 182 g/mol. The molecule has 0 aliphatic rings. The first-order valence-electron chi connectivity index (χ1n) is 3.72. The van der Waals surface area contributed by atoms with Gasteiger partial charge in [-0.15, -0.1) is 0 Å². The van der Waals surface area contributed by atoms with Gasteiger partial charge in [-0.1, -0.05) is 0 Å². The maximum atomic E-state index is 8.09. The van der Waals surface area contributed by atoms with Crippen LogP contribution < -0.4 is 0 Å². The number of rotatable bonds is 6. The zero-order valence-corrected chi connectivity index (χ0v) is 7.40. The van der Waals surface area contributed by atoms with Crippen molar-refractivity contribution < 1.29 is 24.8 Å². The van der Waals surface area contributed by atoms with Crippen LogP contribution in [-0.4, -0.2) is 62.1 Å². The zero-order chi connectivity index (χ0) is 9.66. The second-order valence-electron chi connectivity index (χ2n) is 1.78. The molecule has 12 heavy (non-hydrogen) atoms. The van der Waals surface area contributed by atoms with E-state index in [9.17, 15) is 0 Å². The van der Waals surface area contributed by atoms with Crippen molar-refractivity contribution in [1.29, 1.82) is 0 Å². The summed E-state index contributed by atoms with van der Waals surface area (Å²) in [6.45, 7) is 1.26. The topological polar surface area (TPSA) is 79.2 Å².